The highest BCUT2D eigenvalue weighted by Gasteiger charge is 2.34. The molecule has 23 heavy (non-hydrogen) atoms. The third kappa shape index (κ3) is 3.19. The standard InChI is InChI=1S/C20H24S3/c1-19(2,3)15-16(20(4,5)6)18(14-10-8-12-22-14)23-17(15)13-9-7-11-21-13/h7-12H,1-6H3. The van der Waals surface area contributed by atoms with E-state index in [0.717, 1.165) is 0 Å². The average Bonchev–Trinajstić information content (AvgIpc) is 3.16. The molecule has 0 bridgehead atoms. The van der Waals surface area contributed by atoms with Crippen LogP contribution in [0.1, 0.15) is 52.7 Å². The minimum Gasteiger partial charge on any atom is -0.143 e. The smallest absolute Gasteiger partial charge is 0.0489 e. The van der Waals surface area contributed by atoms with Gasteiger partial charge in [0.1, 0.15) is 0 Å². The fourth-order valence-corrected chi connectivity index (χ4v) is 6.47. The van der Waals surface area contributed by atoms with Gasteiger partial charge in [-0.25, -0.2) is 0 Å². The summed E-state index contributed by atoms with van der Waals surface area (Å²) in [5, 5.41) is 4.37. The Kier molecular flexibility index (Phi) is 4.33. The van der Waals surface area contributed by atoms with Crippen LogP contribution in [0.3, 0.4) is 0 Å². The molecular formula is C20H24S3. The second-order valence-corrected chi connectivity index (χ2v) is 10.9. The van der Waals surface area contributed by atoms with Gasteiger partial charge in [-0.1, -0.05) is 53.7 Å². The number of rotatable bonds is 2. The zero-order chi connectivity index (χ0) is 16.8. The molecule has 3 heteroatoms. The van der Waals surface area contributed by atoms with Gasteiger partial charge in [0.2, 0.25) is 0 Å². The third-order valence-corrected chi connectivity index (χ3v) is 7.19. The lowest BCUT2D eigenvalue weighted by molar-refractivity contribution is 0.536. The molecule has 0 nitrogen and oxygen atoms in total. The van der Waals surface area contributed by atoms with Crippen LogP contribution in [0.2, 0.25) is 0 Å². The Morgan fingerprint density at radius 3 is 1.30 bits per heavy atom. The second-order valence-electron chi connectivity index (χ2n) is 7.96. The van der Waals surface area contributed by atoms with E-state index < -0.39 is 0 Å². The lowest BCUT2D eigenvalue weighted by Gasteiger charge is -2.29. The molecule has 122 valence electrons. The van der Waals surface area contributed by atoms with Gasteiger partial charge >= 0.3 is 0 Å². The maximum absolute atomic E-state index is 2.35. The van der Waals surface area contributed by atoms with Crippen LogP contribution in [0.5, 0.6) is 0 Å². The summed E-state index contributed by atoms with van der Waals surface area (Å²) in [5.41, 5.74) is 3.32. The molecule has 0 aliphatic heterocycles. The molecule has 0 atom stereocenters. The van der Waals surface area contributed by atoms with Crippen LogP contribution in [0, 0.1) is 0 Å². The number of hydrogen-bond donors (Lipinski definition) is 0. The van der Waals surface area contributed by atoms with Crippen molar-refractivity contribution in [1.29, 1.82) is 0 Å². The summed E-state index contributed by atoms with van der Waals surface area (Å²) in [4.78, 5) is 5.71. The Hall–Kier alpha value is -0.900. The second kappa shape index (κ2) is 5.87. The van der Waals surface area contributed by atoms with Gasteiger partial charge in [0.15, 0.2) is 0 Å². The van der Waals surface area contributed by atoms with E-state index in [1.165, 1.54) is 30.6 Å². The lowest BCUT2D eigenvalue weighted by atomic mass is 9.75. The van der Waals surface area contributed by atoms with Crippen molar-refractivity contribution in [2.45, 2.75) is 52.4 Å². The molecule has 3 heterocycles. The van der Waals surface area contributed by atoms with E-state index in [1.54, 1.807) is 0 Å². The average molecular weight is 361 g/mol. The normalized spacial score (nSPS) is 12.8. The van der Waals surface area contributed by atoms with Crippen molar-refractivity contribution in [3.63, 3.8) is 0 Å². The first-order valence-electron chi connectivity index (χ1n) is 7.95. The van der Waals surface area contributed by atoms with Crippen molar-refractivity contribution >= 4 is 34.0 Å². The first-order valence-corrected chi connectivity index (χ1v) is 10.5. The largest absolute Gasteiger partial charge is 0.143 e. The highest BCUT2D eigenvalue weighted by atomic mass is 32.1. The molecule has 0 aliphatic rings. The van der Waals surface area contributed by atoms with E-state index >= 15 is 0 Å². The summed E-state index contributed by atoms with van der Waals surface area (Å²) in [6.45, 7) is 14.1. The first-order chi connectivity index (χ1) is 10.7. The molecule has 0 fully saturated rings. The highest BCUT2D eigenvalue weighted by molar-refractivity contribution is 7.26. The molecule has 3 aromatic heterocycles. The lowest BCUT2D eigenvalue weighted by Crippen LogP contribution is -2.21. The van der Waals surface area contributed by atoms with Crippen LogP contribution >= 0.6 is 34.0 Å². The van der Waals surface area contributed by atoms with Crippen molar-refractivity contribution in [2.75, 3.05) is 0 Å². The van der Waals surface area contributed by atoms with Gasteiger partial charge in [0.25, 0.3) is 0 Å². The van der Waals surface area contributed by atoms with E-state index in [-0.39, 0.29) is 10.8 Å². The summed E-state index contributed by atoms with van der Waals surface area (Å²) in [6.07, 6.45) is 0. The summed E-state index contributed by atoms with van der Waals surface area (Å²) >= 11 is 5.68. The minimum absolute atomic E-state index is 0.133. The number of thiophene rings is 3. The Morgan fingerprint density at radius 1 is 0.652 bits per heavy atom. The maximum atomic E-state index is 2.35. The van der Waals surface area contributed by atoms with E-state index in [0.29, 0.717) is 0 Å². The molecule has 3 rings (SSSR count). The molecule has 0 aromatic carbocycles. The minimum atomic E-state index is 0.133. The van der Waals surface area contributed by atoms with Gasteiger partial charge in [-0.2, -0.15) is 0 Å². The van der Waals surface area contributed by atoms with Crippen molar-refractivity contribution in [1.82, 2.24) is 0 Å². The molecule has 0 aliphatic carbocycles. The fourth-order valence-electron chi connectivity index (χ4n) is 3.02. The molecule has 0 amide bonds. The Balaban J connectivity index is 2.39. The summed E-state index contributed by atoms with van der Waals surface area (Å²) < 4.78 is 0. The molecule has 0 saturated carbocycles. The van der Waals surface area contributed by atoms with Gasteiger partial charge in [0, 0.05) is 19.5 Å². The zero-order valence-electron chi connectivity index (χ0n) is 14.7. The van der Waals surface area contributed by atoms with E-state index in [4.69, 9.17) is 0 Å². The summed E-state index contributed by atoms with van der Waals surface area (Å²) in [5.74, 6) is 0. The van der Waals surface area contributed by atoms with Crippen LogP contribution in [-0.2, 0) is 10.8 Å². The van der Waals surface area contributed by atoms with Gasteiger partial charge < -0.3 is 0 Å². The summed E-state index contributed by atoms with van der Waals surface area (Å²) in [6, 6.07) is 8.84. The van der Waals surface area contributed by atoms with E-state index in [2.05, 4.69) is 76.6 Å². The van der Waals surface area contributed by atoms with Gasteiger partial charge in [-0.3, -0.25) is 0 Å². The molecule has 0 N–H and O–H groups in total. The molecule has 3 aromatic rings. The molecule has 0 radical (unpaired) electrons. The van der Waals surface area contributed by atoms with Gasteiger partial charge in [-0.05, 0) is 44.8 Å². The quantitative estimate of drug-likeness (QED) is 0.437. The van der Waals surface area contributed by atoms with Crippen molar-refractivity contribution in [3.8, 4) is 19.5 Å². The predicted molar refractivity (Wildman–Crippen MR) is 108 cm³/mol. The van der Waals surface area contributed by atoms with Crippen molar-refractivity contribution < 1.29 is 0 Å². The monoisotopic (exact) mass is 360 g/mol. The predicted octanol–water partition coefficient (Wildman–Crippen LogP) is 7.80. The topological polar surface area (TPSA) is 0 Å². The van der Waals surface area contributed by atoms with Crippen LogP contribution in [-0.4, -0.2) is 0 Å². The maximum Gasteiger partial charge on any atom is 0.0489 e. The Morgan fingerprint density at radius 2 is 1.04 bits per heavy atom. The molecule has 0 spiro atoms. The van der Waals surface area contributed by atoms with E-state index in [1.807, 2.05) is 34.0 Å². The third-order valence-electron chi connectivity index (χ3n) is 3.90. The van der Waals surface area contributed by atoms with Crippen LogP contribution in [0.4, 0.5) is 0 Å². The van der Waals surface area contributed by atoms with Crippen LogP contribution < -0.4 is 0 Å². The fraction of sp³-hybridized carbons (Fsp3) is 0.400. The highest BCUT2D eigenvalue weighted by Crippen LogP contribution is 2.52. The number of hydrogen-bond acceptors (Lipinski definition) is 3. The molecule has 0 saturated heterocycles. The van der Waals surface area contributed by atoms with Crippen molar-refractivity contribution in [3.05, 3.63) is 46.2 Å². The van der Waals surface area contributed by atoms with E-state index in [9.17, 15) is 0 Å². The molecular weight excluding hydrogens is 336 g/mol. The Bertz CT molecular complexity index is 707. The SMILES string of the molecule is CC(C)(C)c1c(-c2cccs2)sc(-c2cccs2)c1C(C)(C)C. The van der Waals surface area contributed by atoms with Crippen LogP contribution in [0.15, 0.2) is 35.0 Å². The van der Waals surface area contributed by atoms with Crippen molar-refractivity contribution in [2.24, 2.45) is 0 Å². The first kappa shape index (κ1) is 16.9. The van der Waals surface area contributed by atoms with Gasteiger partial charge in [-0.15, -0.1) is 34.0 Å². The summed E-state index contributed by atoms with van der Waals surface area (Å²) in [7, 11) is 0. The van der Waals surface area contributed by atoms with Gasteiger partial charge in [0.05, 0.1) is 0 Å². The molecule has 0 unspecified atom stereocenters. The zero-order valence-corrected chi connectivity index (χ0v) is 17.1. The van der Waals surface area contributed by atoms with Crippen LogP contribution in [0.25, 0.3) is 19.5 Å². The Labute approximate surface area is 151 Å².